The van der Waals surface area contributed by atoms with Crippen molar-refractivity contribution in [3.8, 4) is 0 Å². The van der Waals surface area contributed by atoms with Gasteiger partial charge in [0.15, 0.2) is 0 Å². The highest BCUT2D eigenvalue weighted by Gasteiger charge is 1.77. The Morgan fingerprint density at radius 3 is 1.64 bits per heavy atom. The van der Waals surface area contributed by atoms with Crippen LogP contribution in [-0.4, -0.2) is 18.2 Å². The van der Waals surface area contributed by atoms with Crippen LogP contribution in [0.15, 0.2) is 0 Å². The van der Waals surface area contributed by atoms with Gasteiger partial charge in [-0.15, -0.1) is 0 Å². The van der Waals surface area contributed by atoms with E-state index in [1.165, 1.54) is 32.7 Å². The fourth-order valence-electron chi connectivity index (χ4n) is 0.500. The van der Waals surface area contributed by atoms with Crippen LogP contribution in [0.3, 0.4) is 0 Å². The summed E-state index contributed by atoms with van der Waals surface area (Å²) in [5.74, 6) is 0. The second-order valence-electron chi connectivity index (χ2n) is 2.26. The molecule has 0 saturated heterocycles. The molecule has 0 fully saturated rings. The van der Waals surface area contributed by atoms with E-state index in [-0.39, 0.29) is 0 Å². The topological polar surface area (TPSA) is 49.3 Å². The molecule has 0 aliphatic carbocycles. The molecule has 0 aromatic carbocycles. The maximum absolute atomic E-state index is 9.26. The molecule has 68 valence electrons. The Balaban J connectivity index is 0. The van der Waals surface area contributed by atoms with E-state index in [0.717, 1.165) is 0 Å². The van der Waals surface area contributed by atoms with Crippen LogP contribution < -0.4 is 5.32 Å². The minimum atomic E-state index is -0.995. The number of rotatable bonds is 3. The molecule has 0 aliphatic rings. The molecule has 0 spiro atoms. The normalized spacial score (nSPS) is 7.91. The van der Waals surface area contributed by atoms with E-state index in [9.17, 15) is 4.79 Å². The lowest BCUT2D eigenvalue weighted by Crippen LogP contribution is -2.13. The smallest absolute Gasteiger partial charge is 0.404 e. The number of hydrogen-bond acceptors (Lipinski definition) is 1. The van der Waals surface area contributed by atoms with Crippen molar-refractivity contribution in [2.75, 3.05) is 7.05 Å². The second-order valence-corrected chi connectivity index (χ2v) is 2.26. The lowest BCUT2D eigenvalue weighted by molar-refractivity contribution is 0.197. The van der Waals surface area contributed by atoms with Crippen LogP contribution in [0.1, 0.15) is 39.5 Å². The van der Waals surface area contributed by atoms with Crippen molar-refractivity contribution in [1.29, 1.82) is 0 Å². The lowest BCUT2D eigenvalue weighted by atomic mass is 10.2. The molecule has 3 heteroatoms. The largest absolute Gasteiger partial charge is 0.465 e. The van der Waals surface area contributed by atoms with Gasteiger partial charge < -0.3 is 10.4 Å². The molecule has 0 aromatic heterocycles. The van der Waals surface area contributed by atoms with Crippen molar-refractivity contribution in [2.24, 2.45) is 0 Å². The minimum Gasteiger partial charge on any atom is -0.465 e. The van der Waals surface area contributed by atoms with Crippen molar-refractivity contribution in [3.05, 3.63) is 0 Å². The number of nitrogens with one attached hydrogen (secondary N) is 1. The molecule has 3 nitrogen and oxygen atoms in total. The van der Waals surface area contributed by atoms with Gasteiger partial charge in [0.1, 0.15) is 0 Å². The van der Waals surface area contributed by atoms with Gasteiger partial charge in [-0.2, -0.15) is 0 Å². The number of unbranched alkanes of at least 4 members (excludes halogenated alkanes) is 3. The number of carbonyl (C=O) groups is 1. The highest BCUT2D eigenvalue weighted by atomic mass is 16.4. The molecule has 0 unspecified atom stereocenters. The van der Waals surface area contributed by atoms with Crippen LogP contribution in [0.4, 0.5) is 4.79 Å². The Morgan fingerprint density at radius 1 is 1.27 bits per heavy atom. The summed E-state index contributed by atoms with van der Waals surface area (Å²) in [6, 6.07) is 0. The lowest BCUT2D eigenvalue weighted by Gasteiger charge is -1.86. The van der Waals surface area contributed by atoms with Gasteiger partial charge in [0, 0.05) is 7.05 Å². The van der Waals surface area contributed by atoms with Gasteiger partial charge in [0.05, 0.1) is 0 Å². The van der Waals surface area contributed by atoms with E-state index in [1.807, 2.05) is 5.32 Å². The molecule has 0 rings (SSSR count). The SMILES string of the molecule is CCCCCC.CNC(=O)O. The summed E-state index contributed by atoms with van der Waals surface area (Å²) in [5.41, 5.74) is 0. The van der Waals surface area contributed by atoms with E-state index >= 15 is 0 Å². The van der Waals surface area contributed by atoms with Gasteiger partial charge in [-0.3, -0.25) is 0 Å². The molecule has 2 N–H and O–H groups in total. The van der Waals surface area contributed by atoms with Crippen molar-refractivity contribution in [3.63, 3.8) is 0 Å². The van der Waals surface area contributed by atoms with Crippen molar-refractivity contribution in [2.45, 2.75) is 39.5 Å². The molecule has 1 amide bonds. The fourth-order valence-corrected chi connectivity index (χ4v) is 0.500. The Labute approximate surface area is 68.8 Å². The molecule has 0 aliphatic heterocycles. The van der Waals surface area contributed by atoms with Crippen LogP contribution in [0.5, 0.6) is 0 Å². The molecule has 0 heterocycles. The van der Waals surface area contributed by atoms with E-state index in [1.54, 1.807) is 0 Å². The van der Waals surface area contributed by atoms with E-state index in [4.69, 9.17) is 5.11 Å². The van der Waals surface area contributed by atoms with Crippen LogP contribution in [0.2, 0.25) is 0 Å². The maximum Gasteiger partial charge on any atom is 0.404 e. The van der Waals surface area contributed by atoms with E-state index < -0.39 is 6.09 Å². The Kier molecular flexibility index (Phi) is 14.1. The minimum absolute atomic E-state index is 0.995. The molecular formula is C8H19NO2. The Morgan fingerprint density at radius 2 is 1.55 bits per heavy atom. The average Bonchev–Trinajstić information content (AvgIpc) is 2.02. The van der Waals surface area contributed by atoms with Crippen molar-refractivity contribution in [1.82, 2.24) is 5.32 Å². The summed E-state index contributed by atoms with van der Waals surface area (Å²) in [6.07, 6.45) is 4.54. The zero-order valence-electron chi connectivity index (χ0n) is 7.68. The molecule has 0 aromatic rings. The van der Waals surface area contributed by atoms with Crippen LogP contribution in [0, 0.1) is 0 Å². The van der Waals surface area contributed by atoms with Crippen molar-refractivity contribution < 1.29 is 9.90 Å². The predicted octanol–water partition coefficient (Wildman–Crippen LogP) is 2.47. The highest BCUT2D eigenvalue weighted by molar-refractivity contribution is 5.63. The molecule has 11 heavy (non-hydrogen) atoms. The molecule has 0 saturated carbocycles. The number of hydrogen-bond donors (Lipinski definition) is 2. The third-order valence-corrected chi connectivity index (χ3v) is 1.17. The quantitative estimate of drug-likeness (QED) is 0.625. The van der Waals surface area contributed by atoms with Crippen molar-refractivity contribution >= 4 is 6.09 Å². The summed E-state index contributed by atoms with van der Waals surface area (Å²) in [7, 11) is 1.35. The third-order valence-electron chi connectivity index (χ3n) is 1.17. The van der Waals surface area contributed by atoms with Gasteiger partial charge in [0.25, 0.3) is 0 Å². The molecule has 0 radical (unpaired) electrons. The predicted molar refractivity (Wildman–Crippen MR) is 46.9 cm³/mol. The first-order valence-corrected chi connectivity index (χ1v) is 4.09. The number of carboxylic acid groups (broad SMARTS) is 1. The highest BCUT2D eigenvalue weighted by Crippen LogP contribution is 1.95. The Hall–Kier alpha value is -0.730. The zero-order chi connectivity index (χ0) is 9.11. The fraction of sp³-hybridized carbons (Fsp3) is 0.875. The van der Waals surface area contributed by atoms with E-state index in [0.29, 0.717) is 0 Å². The first-order valence-electron chi connectivity index (χ1n) is 4.09. The second kappa shape index (κ2) is 12.0. The van der Waals surface area contributed by atoms with Crippen LogP contribution >= 0.6 is 0 Å². The van der Waals surface area contributed by atoms with Crippen LogP contribution in [-0.2, 0) is 0 Å². The third kappa shape index (κ3) is 26.9. The summed E-state index contributed by atoms with van der Waals surface area (Å²) >= 11 is 0. The molecule has 0 atom stereocenters. The summed E-state index contributed by atoms with van der Waals surface area (Å²) in [4.78, 5) is 9.26. The zero-order valence-corrected chi connectivity index (χ0v) is 7.68. The first-order chi connectivity index (χ1) is 5.18. The van der Waals surface area contributed by atoms with Gasteiger partial charge in [-0.25, -0.2) is 4.79 Å². The standard InChI is InChI=1S/C6H14.C2H5NO2/c1-3-5-6-4-2;1-3-2(4)5/h3-6H2,1-2H3;3H,1H3,(H,4,5). The number of amides is 1. The van der Waals surface area contributed by atoms with Gasteiger partial charge in [0.2, 0.25) is 0 Å². The maximum atomic E-state index is 9.26. The van der Waals surface area contributed by atoms with Gasteiger partial charge >= 0.3 is 6.09 Å². The Bertz CT molecular complexity index is 80.2. The molecule has 0 bridgehead atoms. The summed E-state index contributed by atoms with van der Waals surface area (Å²) < 4.78 is 0. The average molecular weight is 161 g/mol. The monoisotopic (exact) mass is 161 g/mol. The first kappa shape index (κ1) is 12.9. The van der Waals surface area contributed by atoms with Gasteiger partial charge in [-0.1, -0.05) is 39.5 Å². The van der Waals surface area contributed by atoms with Crippen LogP contribution in [0.25, 0.3) is 0 Å². The van der Waals surface area contributed by atoms with Gasteiger partial charge in [-0.05, 0) is 0 Å². The summed E-state index contributed by atoms with van der Waals surface area (Å²) in [6.45, 7) is 4.46. The molecular weight excluding hydrogens is 142 g/mol. The van der Waals surface area contributed by atoms with E-state index in [2.05, 4.69) is 13.8 Å². The summed E-state index contributed by atoms with van der Waals surface area (Å²) in [5, 5.41) is 9.56.